The molecule has 0 aliphatic heterocycles. The SMILES string of the molecule is CCCC(CC(=O)OC)C(=O)C(=N)C(=O)N(C)OC. The average molecular weight is 272 g/mol. The number of carbonyl (C=O) groups is 3. The third kappa shape index (κ3) is 5.17. The van der Waals surface area contributed by atoms with Gasteiger partial charge in [-0.3, -0.25) is 24.6 Å². The molecule has 1 atom stereocenters. The maximum atomic E-state index is 12.0. The molecule has 1 unspecified atom stereocenters. The van der Waals surface area contributed by atoms with Gasteiger partial charge in [0.25, 0.3) is 5.91 Å². The second-order valence-corrected chi connectivity index (χ2v) is 3.99. The molecule has 0 bridgehead atoms. The van der Waals surface area contributed by atoms with Crippen LogP contribution in [0.5, 0.6) is 0 Å². The summed E-state index contributed by atoms with van der Waals surface area (Å²) in [5.41, 5.74) is -0.688. The summed E-state index contributed by atoms with van der Waals surface area (Å²) in [6.07, 6.45) is 0.949. The lowest BCUT2D eigenvalue weighted by atomic mass is 9.92. The molecular formula is C12H20N2O5. The largest absolute Gasteiger partial charge is 0.469 e. The van der Waals surface area contributed by atoms with Crippen molar-refractivity contribution < 1.29 is 24.0 Å². The molecule has 19 heavy (non-hydrogen) atoms. The molecule has 0 aromatic rings. The minimum absolute atomic E-state index is 0.129. The van der Waals surface area contributed by atoms with Crippen molar-refractivity contribution in [3.63, 3.8) is 0 Å². The van der Waals surface area contributed by atoms with Gasteiger partial charge in [0.2, 0.25) is 0 Å². The summed E-state index contributed by atoms with van der Waals surface area (Å²) < 4.78 is 4.50. The maximum Gasteiger partial charge on any atom is 0.306 e. The lowest BCUT2D eigenvalue weighted by Gasteiger charge is -2.17. The number of methoxy groups -OCH3 is 1. The number of nitrogens with zero attached hydrogens (tertiary/aromatic N) is 1. The highest BCUT2D eigenvalue weighted by Crippen LogP contribution is 2.14. The highest BCUT2D eigenvalue weighted by molar-refractivity contribution is 6.64. The number of esters is 1. The number of Topliss-reactive ketones (excluding diaryl/α,β-unsaturated/α-hetero) is 1. The normalized spacial score (nSPS) is 11.6. The Balaban J connectivity index is 4.84. The van der Waals surface area contributed by atoms with E-state index < -0.39 is 29.3 Å². The van der Waals surface area contributed by atoms with E-state index in [0.717, 1.165) is 5.06 Å². The molecular weight excluding hydrogens is 252 g/mol. The number of hydroxylamine groups is 2. The lowest BCUT2D eigenvalue weighted by Crippen LogP contribution is -2.39. The number of ether oxygens (including phenoxy) is 1. The van der Waals surface area contributed by atoms with Gasteiger partial charge < -0.3 is 4.74 Å². The van der Waals surface area contributed by atoms with Crippen molar-refractivity contribution in [1.29, 1.82) is 5.41 Å². The highest BCUT2D eigenvalue weighted by Gasteiger charge is 2.30. The first-order chi connectivity index (χ1) is 8.88. The van der Waals surface area contributed by atoms with Crippen molar-refractivity contribution in [3.8, 4) is 0 Å². The summed E-state index contributed by atoms with van der Waals surface area (Å²) in [5.74, 6) is -2.74. The molecule has 0 saturated carbocycles. The average Bonchev–Trinajstić information content (AvgIpc) is 2.43. The number of hydrogen-bond acceptors (Lipinski definition) is 6. The van der Waals surface area contributed by atoms with E-state index in [0.29, 0.717) is 12.8 Å². The van der Waals surface area contributed by atoms with Crippen LogP contribution in [0.15, 0.2) is 0 Å². The monoisotopic (exact) mass is 272 g/mol. The van der Waals surface area contributed by atoms with Crippen LogP contribution in [-0.2, 0) is 24.0 Å². The molecule has 1 amide bonds. The van der Waals surface area contributed by atoms with E-state index in [1.165, 1.54) is 21.3 Å². The van der Waals surface area contributed by atoms with E-state index in [4.69, 9.17) is 5.41 Å². The van der Waals surface area contributed by atoms with Gasteiger partial charge in [-0.2, -0.15) is 0 Å². The van der Waals surface area contributed by atoms with Crippen LogP contribution in [0.4, 0.5) is 0 Å². The predicted molar refractivity (Wildman–Crippen MR) is 67.5 cm³/mol. The van der Waals surface area contributed by atoms with E-state index in [2.05, 4.69) is 9.57 Å². The van der Waals surface area contributed by atoms with Crippen molar-refractivity contribution in [2.45, 2.75) is 26.2 Å². The zero-order valence-corrected chi connectivity index (χ0v) is 11.7. The third-order valence-electron chi connectivity index (χ3n) is 2.67. The van der Waals surface area contributed by atoms with Gasteiger partial charge in [0.1, 0.15) is 0 Å². The zero-order valence-electron chi connectivity index (χ0n) is 11.7. The van der Waals surface area contributed by atoms with Crippen molar-refractivity contribution in [2.24, 2.45) is 5.92 Å². The second-order valence-electron chi connectivity index (χ2n) is 3.99. The molecule has 0 fully saturated rings. The Morgan fingerprint density at radius 2 is 1.84 bits per heavy atom. The van der Waals surface area contributed by atoms with E-state index in [1.54, 1.807) is 0 Å². The first-order valence-corrected chi connectivity index (χ1v) is 5.90. The fourth-order valence-corrected chi connectivity index (χ4v) is 1.51. The number of hydrogen-bond donors (Lipinski definition) is 1. The fraction of sp³-hybridized carbons (Fsp3) is 0.667. The van der Waals surface area contributed by atoms with E-state index >= 15 is 0 Å². The van der Waals surface area contributed by atoms with Gasteiger partial charge in [-0.25, -0.2) is 5.06 Å². The van der Waals surface area contributed by atoms with Gasteiger partial charge in [0.15, 0.2) is 11.5 Å². The summed E-state index contributed by atoms with van der Waals surface area (Å²) in [4.78, 5) is 39.5. The van der Waals surface area contributed by atoms with Crippen LogP contribution in [0, 0.1) is 11.3 Å². The zero-order chi connectivity index (χ0) is 15.0. The first-order valence-electron chi connectivity index (χ1n) is 5.90. The van der Waals surface area contributed by atoms with Crippen LogP contribution in [-0.4, -0.2) is 49.7 Å². The van der Waals surface area contributed by atoms with E-state index in [-0.39, 0.29) is 6.42 Å². The van der Waals surface area contributed by atoms with Gasteiger partial charge in [-0.15, -0.1) is 0 Å². The molecule has 0 aliphatic carbocycles. The molecule has 1 N–H and O–H groups in total. The molecule has 0 heterocycles. The number of carbonyl (C=O) groups excluding carboxylic acids is 3. The van der Waals surface area contributed by atoms with Crippen LogP contribution in [0.25, 0.3) is 0 Å². The Labute approximate surface area is 112 Å². The molecule has 0 aromatic carbocycles. The number of amides is 1. The topological polar surface area (TPSA) is 96.8 Å². The van der Waals surface area contributed by atoms with Crippen molar-refractivity contribution in [2.75, 3.05) is 21.3 Å². The van der Waals surface area contributed by atoms with Crippen LogP contribution in [0.1, 0.15) is 26.2 Å². The molecule has 0 spiro atoms. The molecule has 7 nitrogen and oxygen atoms in total. The van der Waals surface area contributed by atoms with Gasteiger partial charge in [-0.1, -0.05) is 13.3 Å². The Hall–Kier alpha value is -1.76. The van der Waals surface area contributed by atoms with Crippen molar-refractivity contribution >= 4 is 23.4 Å². The smallest absolute Gasteiger partial charge is 0.306 e. The number of nitrogens with one attached hydrogen (secondary N) is 1. The minimum Gasteiger partial charge on any atom is -0.469 e. The molecule has 0 aromatic heterocycles. The molecule has 0 aliphatic rings. The van der Waals surface area contributed by atoms with Crippen LogP contribution in [0.2, 0.25) is 0 Å². The summed E-state index contributed by atoms with van der Waals surface area (Å²) in [6.45, 7) is 1.85. The second kappa shape index (κ2) is 8.36. The predicted octanol–water partition coefficient (Wildman–Crippen LogP) is 0.574. The summed E-state index contributed by atoms with van der Waals surface area (Å²) in [5, 5.41) is 8.36. The van der Waals surface area contributed by atoms with Crippen molar-refractivity contribution in [3.05, 3.63) is 0 Å². The van der Waals surface area contributed by atoms with Crippen molar-refractivity contribution in [1.82, 2.24) is 5.06 Å². The third-order valence-corrected chi connectivity index (χ3v) is 2.67. The quantitative estimate of drug-likeness (QED) is 0.301. The molecule has 0 saturated heterocycles. The van der Waals surface area contributed by atoms with E-state index in [1.807, 2.05) is 6.92 Å². The molecule has 0 rings (SSSR count). The molecule has 0 radical (unpaired) electrons. The highest BCUT2D eigenvalue weighted by atomic mass is 16.7. The lowest BCUT2D eigenvalue weighted by molar-refractivity contribution is -0.161. The van der Waals surface area contributed by atoms with Gasteiger partial charge in [-0.05, 0) is 6.42 Å². The fourth-order valence-electron chi connectivity index (χ4n) is 1.51. The minimum atomic E-state index is -0.835. The number of ketones is 1. The molecule has 108 valence electrons. The molecule has 7 heteroatoms. The Morgan fingerprint density at radius 3 is 2.26 bits per heavy atom. The standard InChI is InChI=1S/C12H20N2O5/c1-5-6-8(7-9(15)18-3)11(16)10(13)12(17)14(2)19-4/h8,13H,5-7H2,1-4H3. The van der Waals surface area contributed by atoms with Gasteiger partial charge in [0, 0.05) is 13.0 Å². The Kier molecular flexibility index (Phi) is 7.59. The van der Waals surface area contributed by atoms with Crippen LogP contribution < -0.4 is 0 Å². The Morgan fingerprint density at radius 1 is 1.26 bits per heavy atom. The van der Waals surface area contributed by atoms with Gasteiger partial charge >= 0.3 is 5.97 Å². The van der Waals surface area contributed by atoms with Crippen LogP contribution >= 0.6 is 0 Å². The van der Waals surface area contributed by atoms with E-state index in [9.17, 15) is 14.4 Å². The first kappa shape index (κ1) is 17.2. The maximum absolute atomic E-state index is 12.0. The summed E-state index contributed by atoms with van der Waals surface area (Å²) in [7, 11) is 3.79. The van der Waals surface area contributed by atoms with Crippen LogP contribution in [0.3, 0.4) is 0 Å². The summed E-state index contributed by atoms with van der Waals surface area (Å²) in [6, 6.07) is 0. The number of rotatable bonds is 8. The van der Waals surface area contributed by atoms with Gasteiger partial charge in [0.05, 0.1) is 20.6 Å². The Bertz CT molecular complexity index is 367. The summed E-state index contributed by atoms with van der Waals surface area (Å²) >= 11 is 0.